The van der Waals surface area contributed by atoms with Crippen molar-refractivity contribution in [1.29, 1.82) is 0 Å². The maximum absolute atomic E-state index is 13.4. The van der Waals surface area contributed by atoms with Gasteiger partial charge in [0.05, 0.1) is 11.9 Å². The van der Waals surface area contributed by atoms with Crippen molar-refractivity contribution in [1.82, 2.24) is 14.5 Å². The van der Waals surface area contributed by atoms with Gasteiger partial charge in [0.1, 0.15) is 28.6 Å². The van der Waals surface area contributed by atoms with Gasteiger partial charge in [-0.3, -0.25) is 4.79 Å². The molecule has 1 aliphatic heterocycles. The number of hydrogen-bond acceptors (Lipinski definition) is 5. The lowest BCUT2D eigenvalue weighted by Crippen LogP contribution is -2.37. The van der Waals surface area contributed by atoms with Crippen LogP contribution in [0.5, 0.6) is 5.75 Å². The number of amides is 1. The highest BCUT2D eigenvalue weighted by molar-refractivity contribution is 6.06. The SMILES string of the molecule is O=C(Nc1ccc(N2CCC2)nc1)c1cc2ccc(C(F)(F)F)nc2n1Cc1cccc(OC(F)(F)F)c1. The number of nitrogens with zero attached hydrogens (tertiary/aromatic N) is 4. The fraction of sp³-hybridized carbons (Fsp3) is 0.240. The van der Waals surface area contributed by atoms with E-state index in [0.717, 1.165) is 43.5 Å². The first-order valence-electron chi connectivity index (χ1n) is 11.4. The summed E-state index contributed by atoms with van der Waals surface area (Å²) in [7, 11) is 0. The zero-order chi connectivity index (χ0) is 27.1. The fourth-order valence-corrected chi connectivity index (χ4v) is 4.04. The first kappa shape index (κ1) is 25.4. The van der Waals surface area contributed by atoms with Crippen LogP contribution >= 0.6 is 0 Å². The number of carbonyl (C=O) groups excluding carboxylic acids is 1. The second-order valence-electron chi connectivity index (χ2n) is 8.62. The van der Waals surface area contributed by atoms with Gasteiger partial charge in [-0.2, -0.15) is 13.2 Å². The molecule has 4 heterocycles. The normalized spacial score (nSPS) is 13.9. The smallest absolute Gasteiger partial charge is 0.406 e. The van der Waals surface area contributed by atoms with Gasteiger partial charge in [0.2, 0.25) is 0 Å². The number of benzene rings is 1. The Hall–Kier alpha value is -4.29. The lowest BCUT2D eigenvalue weighted by atomic mass is 10.2. The second kappa shape index (κ2) is 9.54. The third kappa shape index (κ3) is 5.50. The number of ether oxygens (including phenoxy) is 1. The van der Waals surface area contributed by atoms with Crippen LogP contribution in [0.4, 0.5) is 37.8 Å². The maximum atomic E-state index is 13.4. The molecule has 1 amide bonds. The van der Waals surface area contributed by atoms with E-state index in [1.165, 1.54) is 35.0 Å². The van der Waals surface area contributed by atoms with Gasteiger partial charge in [-0.05, 0) is 54.4 Å². The van der Waals surface area contributed by atoms with Gasteiger partial charge in [0, 0.05) is 25.0 Å². The van der Waals surface area contributed by atoms with Crippen LogP contribution in [0.3, 0.4) is 0 Å². The molecular formula is C25H19F6N5O2. The number of anilines is 2. The summed E-state index contributed by atoms with van der Waals surface area (Å²) in [4.78, 5) is 23.3. The molecule has 0 unspecified atom stereocenters. The van der Waals surface area contributed by atoms with Gasteiger partial charge in [0.25, 0.3) is 5.91 Å². The van der Waals surface area contributed by atoms with Crippen molar-refractivity contribution < 1.29 is 35.9 Å². The number of alkyl halides is 6. The number of halogens is 6. The van der Waals surface area contributed by atoms with Gasteiger partial charge in [0.15, 0.2) is 0 Å². The fourth-order valence-electron chi connectivity index (χ4n) is 4.04. The number of aromatic nitrogens is 3. The average molecular weight is 535 g/mol. The summed E-state index contributed by atoms with van der Waals surface area (Å²) in [6.07, 6.45) is -7.13. The van der Waals surface area contributed by atoms with Gasteiger partial charge < -0.3 is 19.5 Å². The largest absolute Gasteiger partial charge is 0.573 e. The molecule has 1 fully saturated rings. The highest BCUT2D eigenvalue weighted by Gasteiger charge is 2.33. The van der Waals surface area contributed by atoms with E-state index in [1.807, 2.05) is 0 Å². The van der Waals surface area contributed by atoms with Crippen molar-refractivity contribution in [2.45, 2.75) is 25.5 Å². The average Bonchev–Trinajstić information content (AvgIpc) is 3.15. The van der Waals surface area contributed by atoms with E-state index in [-0.39, 0.29) is 28.8 Å². The predicted molar refractivity (Wildman–Crippen MR) is 126 cm³/mol. The monoisotopic (exact) mass is 535 g/mol. The topological polar surface area (TPSA) is 72.3 Å². The van der Waals surface area contributed by atoms with E-state index in [2.05, 4.69) is 24.9 Å². The Labute approximate surface area is 211 Å². The molecule has 198 valence electrons. The number of nitrogens with one attached hydrogen (secondary N) is 1. The molecule has 38 heavy (non-hydrogen) atoms. The minimum atomic E-state index is -4.92. The van der Waals surface area contributed by atoms with E-state index < -0.39 is 29.9 Å². The van der Waals surface area contributed by atoms with Gasteiger partial charge in [-0.15, -0.1) is 13.2 Å². The summed E-state index contributed by atoms with van der Waals surface area (Å²) >= 11 is 0. The first-order valence-corrected chi connectivity index (χ1v) is 11.4. The molecule has 0 aliphatic carbocycles. The standard InChI is InChI=1S/C25H19F6N5O2/c26-24(27,28)20-7-5-16-12-19(23(37)33-17-6-8-21(32-13-17)35-9-2-10-35)36(22(16)34-20)14-15-3-1-4-18(11-15)38-25(29,30)31/h1,3-8,11-13H,2,9-10,14H2,(H,33,37). The summed E-state index contributed by atoms with van der Waals surface area (Å²) in [6, 6.07) is 11.7. The third-order valence-corrected chi connectivity index (χ3v) is 5.93. The van der Waals surface area contributed by atoms with Crippen LogP contribution in [0.1, 0.15) is 28.2 Å². The molecule has 0 atom stereocenters. The number of carbonyl (C=O) groups is 1. The number of pyridine rings is 2. The molecule has 0 bridgehead atoms. The zero-order valence-corrected chi connectivity index (χ0v) is 19.5. The molecular weight excluding hydrogens is 516 g/mol. The number of rotatable bonds is 6. The summed E-state index contributed by atoms with van der Waals surface area (Å²) < 4.78 is 83.3. The van der Waals surface area contributed by atoms with E-state index in [4.69, 9.17) is 0 Å². The molecule has 1 aromatic carbocycles. The van der Waals surface area contributed by atoms with Crippen molar-refractivity contribution in [2.24, 2.45) is 0 Å². The molecule has 1 aliphatic rings. The molecule has 1 saturated heterocycles. The third-order valence-electron chi connectivity index (χ3n) is 5.93. The Morgan fingerprint density at radius 2 is 1.79 bits per heavy atom. The van der Waals surface area contributed by atoms with Crippen molar-refractivity contribution in [2.75, 3.05) is 23.3 Å². The van der Waals surface area contributed by atoms with Gasteiger partial charge in [-0.1, -0.05) is 12.1 Å². The van der Waals surface area contributed by atoms with Gasteiger partial charge in [-0.25, -0.2) is 9.97 Å². The Morgan fingerprint density at radius 1 is 1.00 bits per heavy atom. The van der Waals surface area contributed by atoms with E-state index in [9.17, 15) is 31.1 Å². The minimum absolute atomic E-state index is 0.0409. The molecule has 3 aromatic heterocycles. The van der Waals surface area contributed by atoms with Crippen LogP contribution in [-0.4, -0.2) is 39.9 Å². The quantitative estimate of drug-likeness (QED) is 0.313. The first-order chi connectivity index (χ1) is 18.0. The van der Waals surface area contributed by atoms with Crippen LogP contribution in [0, 0.1) is 0 Å². The molecule has 1 N–H and O–H groups in total. The second-order valence-corrected chi connectivity index (χ2v) is 8.62. The van der Waals surface area contributed by atoms with Crippen LogP contribution in [-0.2, 0) is 12.7 Å². The van der Waals surface area contributed by atoms with Crippen molar-refractivity contribution in [3.8, 4) is 5.75 Å². The minimum Gasteiger partial charge on any atom is -0.406 e. The molecule has 0 spiro atoms. The van der Waals surface area contributed by atoms with Crippen molar-refractivity contribution in [3.05, 3.63) is 77.7 Å². The summed E-state index contributed by atoms with van der Waals surface area (Å²) in [5, 5.41) is 2.92. The van der Waals surface area contributed by atoms with Crippen molar-refractivity contribution in [3.63, 3.8) is 0 Å². The Morgan fingerprint density at radius 3 is 2.42 bits per heavy atom. The van der Waals surface area contributed by atoms with E-state index in [0.29, 0.717) is 5.69 Å². The molecule has 5 rings (SSSR count). The van der Waals surface area contributed by atoms with Gasteiger partial charge >= 0.3 is 12.5 Å². The Bertz CT molecular complexity index is 1480. The summed E-state index contributed by atoms with van der Waals surface area (Å²) in [5.74, 6) is -0.402. The zero-order valence-electron chi connectivity index (χ0n) is 19.5. The predicted octanol–water partition coefficient (Wildman–Crippen LogP) is 5.86. The van der Waals surface area contributed by atoms with Crippen LogP contribution in [0.2, 0.25) is 0 Å². The summed E-state index contributed by atoms with van der Waals surface area (Å²) in [6.45, 7) is 1.53. The van der Waals surface area contributed by atoms with Crippen LogP contribution in [0.25, 0.3) is 11.0 Å². The molecule has 0 radical (unpaired) electrons. The van der Waals surface area contributed by atoms with Crippen LogP contribution in [0.15, 0.2) is 60.8 Å². The van der Waals surface area contributed by atoms with E-state index in [1.54, 1.807) is 12.1 Å². The maximum Gasteiger partial charge on any atom is 0.573 e. The summed E-state index contributed by atoms with van der Waals surface area (Å²) in [5.41, 5.74) is -0.755. The van der Waals surface area contributed by atoms with E-state index >= 15 is 0 Å². The van der Waals surface area contributed by atoms with Crippen molar-refractivity contribution >= 4 is 28.4 Å². The molecule has 4 aromatic rings. The lowest BCUT2D eigenvalue weighted by Gasteiger charge is -2.31. The molecule has 13 heteroatoms. The number of hydrogen-bond donors (Lipinski definition) is 1. The Kier molecular flexibility index (Phi) is 6.37. The molecule has 7 nitrogen and oxygen atoms in total. The Balaban J connectivity index is 1.50. The highest BCUT2D eigenvalue weighted by atomic mass is 19.4. The number of fused-ring (bicyclic) bond motifs is 1. The highest BCUT2D eigenvalue weighted by Crippen LogP contribution is 2.31. The van der Waals surface area contributed by atoms with Crippen LogP contribution < -0.4 is 15.0 Å². The molecule has 0 saturated carbocycles. The lowest BCUT2D eigenvalue weighted by molar-refractivity contribution is -0.274.